The fraction of sp³-hybridized carbons (Fsp3) is 0.545. The Morgan fingerprint density at radius 1 is 1.44 bits per heavy atom. The standard InChI is InChI=1S/C11H17N3O2/c1-7(2)10(11(15)16)14-6-9-4-12-8(3)13-5-9/h4-5,7,10,14H,6H2,1-3H3,(H,15,16). The second kappa shape index (κ2) is 5.55. The zero-order valence-electron chi connectivity index (χ0n) is 9.77. The molecule has 5 heteroatoms. The maximum atomic E-state index is 10.9. The van der Waals surface area contributed by atoms with Crippen molar-refractivity contribution in [3.8, 4) is 0 Å². The molecule has 1 atom stereocenters. The molecule has 1 rings (SSSR count). The van der Waals surface area contributed by atoms with Crippen LogP contribution in [0.5, 0.6) is 0 Å². The number of carboxylic acid groups (broad SMARTS) is 1. The summed E-state index contributed by atoms with van der Waals surface area (Å²) in [7, 11) is 0. The molecule has 1 aromatic rings. The lowest BCUT2D eigenvalue weighted by Crippen LogP contribution is -2.40. The largest absolute Gasteiger partial charge is 0.480 e. The van der Waals surface area contributed by atoms with Gasteiger partial charge < -0.3 is 5.11 Å². The van der Waals surface area contributed by atoms with Crippen LogP contribution in [-0.4, -0.2) is 27.1 Å². The SMILES string of the molecule is Cc1ncc(CNC(C(=O)O)C(C)C)cn1. The Hall–Kier alpha value is -1.49. The van der Waals surface area contributed by atoms with Gasteiger partial charge in [0.1, 0.15) is 11.9 Å². The average Bonchev–Trinajstić information content (AvgIpc) is 2.20. The average molecular weight is 223 g/mol. The predicted molar refractivity (Wildman–Crippen MR) is 59.9 cm³/mol. The van der Waals surface area contributed by atoms with Crippen LogP contribution in [0.25, 0.3) is 0 Å². The van der Waals surface area contributed by atoms with E-state index in [9.17, 15) is 4.79 Å². The van der Waals surface area contributed by atoms with Crippen LogP contribution in [0.3, 0.4) is 0 Å². The van der Waals surface area contributed by atoms with E-state index in [1.54, 1.807) is 12.4 Å². The zero-order valence-corrected chi connectivity index (χ0v) is 9.77. The maximum absolute atomic E-state index is 10.9. The number of nitrogens with one attached hydrogen (secondary N) is 1. The monoisotopic (exact) mass is 223 g/mol. The molecule has 1 unspecified atom stereocenters. The molecule has 0 saturated heterocycles. The van der Waals surface area contributed by atoms with E-state index < -0.39 is 12.0 Å². The van der Waals surface area contributed by atoms with Crippen molar-refractivity contribution in [2.45, 2.75) is 33.4 Å². The summed E-state index contributed by atoms with van der Waals surface area (Å²) in [6, 6.07) is -0.540. The molecule has 2 N–H and O–H groups in total. The zero-order chi connectivity index (χ0) is 12.1. The van der Waals surface area contributed by atoms with Crippen molar-refractivity contribution in [1.29, 1.82) is 0 Å². The van der Waals surface area contributed by atoms with E-state index in [0.717, 1.165) is 5.56 Å². The quantitative estimate of drug-likeness (QED) is 0.778. The van der Waals surface area contributed by atoms with E-state index in [4.69, 9.17) is 5.11 Å². The van der Waals surface area contributed by atoms with E-state index >= 15 is 0 Å². The normalized spacial score (nSPS) is 12.8. The Bertz CT molecular complexity index is 349. The van der Waals surface area contributed by atoms with Gasteiger partial charge in [-0.15, -0.1) is 0 Å². The minimum atomic E-state index is -0.831. The van der Waals surface area contributed by atoms with Gasteiger partial charge in [0.2, 0.25) is 0 Å². The number of hydrogen-bond acceptors (Lipinski definition) is 4. The molecule has 0 amide bonds. The van der Waals surface area contributed by atoms with Gasteiger partial charge in [0.05, 0.1) is 0 Å². The third kappa shape index (κ3) is 3.58. The lowest BCUT2D eigenvalue weighted by molar-refractivity contribution is -0.140. The van der Waals surface area contributed by atoms with E-state index in [0.29, 0.717) is 12.4 Å². The number of aliphatic carboxylic acids is 1. The highest BCUT2D eigenvalue weighted by Crippen LogP contribution is 2.03. The summed E-state index contributed by atoms with van der Waals surface area (Å²) in [5.74, 6) is -0.0747. The number of carboxylic acids is 1. The molecule has 0 aliphatic rings. The molecule has 5 nitrogen and oxygen atoms in total. The smallest absolute Gasteiger partial charge is 0.320 e. The van der Waals surface area contributed by atoms with Crippen LogP contribution in [0.1, 0.15) is 25.2 Å². The van der Waals surface area contributed by atoms with Gasteiger partial charge >= 0.3 is 5.97 Å². The number of aromatic nitrogens is 2. The van der Waals surface area contributed by atoms with Crippen molar-refractivity contribution in [3.05, 3.63) is 23.8 Å². The molecule has 0 fully saturated rings. The number of aryl methyl sites for hydroxylation is 1. The highest BCUT2D eigenvalue weighted by molar-refractivity contribution is 5.73. The Kier molecular flexibility index (Phi) is 4.37. The van der Waals surface area contributed by atoms with E-state index in [1.807, 2.05) is 20.8 Å². The summed E-state index contributed by atoms with van der Waals surface area (Å²) in [5.41, 5.74) is 0.887. The van der Waals surface area contributed by atoms with E-state index in [2.05, 4.69) is 15.3 Å². The molecule has 88 valence electrons. The van der Waals surface area contributed by atoms with Gasteiger partial charge in [-0.2, -0.15) is 0 Å². The first-order chi connectivity index (χ1) is 7.50. The third-order valence-electron chi connectivity index (χ3n) is 2.29. The summed E-state index contributed by atoms with van der Waals surface area (Å²) in [6.07, 6.45) is 3.41. The highest BCUT2D eigenvalue weighted by atomic mass is 16.4. The van der Waals surface area contributed by atoms with Gasteiger partial charge in [-0.1, -0.05) is 13.8 Å². The number of nitrogens with zero attached hydrogens (tertiary/aromatic N) is 2. The fourth-order valence-electron chi connectivity index (χ4n) is 1.35. The molecule has 1 heterocycles. The Balaban J connectivity index is 2.55. The van der Waals surface area contributed by atoms with Crippen LogP contribution in [0.2, 0.25) is 0 Å². The van der Waals surface area contributed by atoms with Crippen molar-refractivity contribution in [2.75, 3.05) is 0 Å². The molecule has 0 aromatic carbocycles. The fourth-order valence-corrected chi connectivity index (χ4v) is 1.35. The van der Waals surface area contributed by atoms with Crippen molar-refractivity contribution in [1.82, 2.24) is 15.3 Å². The lowest BCUT2D eigenvalue weighted by atomic mass is 10.0. The minimum absolute atomic E-state index is 0.0452. The molecule has 0 saturated carbocycles. The molecule has 0 aliphatic carbocycles. The van der Waals surface area contributed by atoms with Crippen LogP contribution in [0.15, 0.2) is 12.4 Å². The number of hydrogen-bond donors (Lipinski definition) is 2. The first kappa shape index (κ1) is 12.6. The Morgan fingerprint density at radius 3 is 2.44 bits per heavy atom. The van der Waals surface area contributed by atoms with Crippen LogP contribution in [-0.2, 0) is 11.3 Å². The topological polar surface area (TPSA) is 75.1 Å². The molecule has 0 aliphatic heterocycles. The third-order valence-corrected chi connectivity index (χ3v) is 2.29. The van der Waals surface area contributed by atoms with Crippen molar-refractivity contribution < 1.29 is 9.90 Å². The molecular formula is C11H17N3O2. The summed E-state index contributed by atoms with van der Waals surface area (Å²) >= 11 is 0. The Labute approximate surface area is 94.9 Å². The Morgan fingerprint density at radius 2 is 2.00 bits per heavy atom. The van der Waals surface area contributed by atoms with Gasteiger partial charge in [-0.3, -0.25) is 10.1 Å². The maximum Gasteiger partial charge on any atom is 0.320 e. The lowest BCUT2D eigenvalue weighted by Gasteiger charge is -2.17. The van der Waals surface area contributed by atoms with Gasteiger partial charge in [0.25, 0.3) is 0 Å². The summed E-state index contributed by atoms with van der Waals surface area (Å²) in [4.78, 5) is 19.0. The van der Waals surface area contributed by atoms with Gasteiger partial charge in [-0.25, -0.2) is 9.97 Å². The van der Waals surface area contributed by atoms with Gasteiger partial charge in [-0.05, 0) is 12.8 Å². The van der Waals surface area contributed by atoms with Gasteiger partial charge in [0.15, 0.2) is 0 Å². The first-order valence-corrected chi connectivity index (χ1v) is 5.24. The molecule has 0 radical (unpaired) electrons. The minimum Gasteiger partial charge on any atom is -0.480 e. The van der Waals surface area contributed by atoms with E-state index in [1.165, 1.54) is 0 Å². The highest BCUT2D eigenvalue weighted by Gasteiger charge is 2.20. The molecule has 0 bridgehead atoms. The van der Waals surface area contributed by atoms with Crippen molar-refractivity contribution >= 4 is 5.97 Å². The summed E-state index contributed by atoms with van der Waals surface area (Å²) < 4.78 is 0. The second-order valence-corrected chi connectivity index (χ2v) is 4.08. The predicted octanol–water partition coefficient (Wildman–Crippen LogP) is 0.984. The van der Waals surface area contributed by atoms with Crippen molar-refractivity contribution in [2.24, 2.45) is 5.92 Å². The van der Waals surface area contributed by atoms with Crippen molar-refractivity contribution in [3.63, 3.8) is 0 Å². The molecular weight excluding hydrogens is 206 g/mol. The number of rotatable bonds is 5. The first-order valence-electron chi connectivity index (χ1n) is 5.24. The summed E-state index contributed by atoms with van der Waals surface area (Å²) in [5, 5.41) is 11.9. The van der Waals surface area contributed by atoms with Gasteiger partial charge in [0, 0.05) is 24.5 Å². The number of carbonyl (C=O) groups is 1. The molecule has 0 spiro atoms. The second-order valence-electron chi connectivity index (χ2n) is 4.08. The van der Waals surface area contributed by atoms with Crippen LogP contribution in [0.4, 0.5) is 0 Å². The summed E-state index contributed by atoms with van der Waals surface area (Å²) in [6.45, 7) is 6.02. The molecule has 16 heavy (non-hydrogen) atoms. The van der Waals surface area contributed by atoms with Crippen LogP contribution in [0, 0.1) is 12.8 Å². The van der Waals surface area contributed by atoms with E-state index in [-0.39, 0.29) is 5.92 Å². The van der Waals surface area contributed by atoms with Crippen LogP contribution >= 0.6 is 0 Å². The molecule has 1 aromatic heterocycles. The van der Waals surface area contributed by atoms with Crippen LogP contribution < -0.4 is 5.32 Å².